The van der Waals surface area contributed by atoms with E-state index >= 15 is 0 Å². The summed E-state index contributed by atoms with van der Waals surface area (Å²) in [6.45, 7) is 5.99. The Morgan fingerprint density at radius 3 is 2.35 bits per heavy atom. The van der Waals surface area contributed by atoms with Crippen LogP contribution in [0.1, 0.15) is 57.1 Å². The van der Waals surface area contributed by atoms with Crippen molar-refractivity contribution in [2.24, 2.45) is 5.73 Å². The van der Waals surface area contributed by atoms with Crippen molar-refractivity contribution >= 4 is 5.91 Å². The van der Waals surface area contributed by atoms with E-state index in [1.807, 2.05) is 13.8 Å². The largest absolute Gasteiger partial charge is 0.416 e. The van der Waals surface area contributed by atoms with Crippen molar-refractivity contribution in [1.29, 1.82) is 0 Å². The highest BCUT2D eigenvalue weighted by Gasteiger charge is 2.31. The molecule has 0 aromatic heterocycles. The fraction of sp³-hybridized carbons (Fsp3) is 0.588. The molecule has 0 radical (unpaired) electrons. The first-order valence-corrected chi connectivity index (χ1v) is 7.85. The van der Waals surface area contributed by atoms with Crippen LogP contribution in [-0.4, -0.2) is 18.0 Å². The average Bonchev–Trinajstić information content (AvgIpc) is 2.52. The summed E-state index contributed by atoms with van der Waals surface area (Å²) in [6.07, 6.45) is -2.83. The number of alkyl halides is 3. The van der Waals surface area contributed by atoms with E-state index in [0.29, 0.717) is 24.9 Å². The number of nitrogens with one attached hydrogen (secondary N) is 1. The Hall–Kier alpha value is -1.56. The van der Waals surface area contributed by atoms with E-state index in [9.17, 15) is 18.0 Å². The number of hydrogen-bond acceptors (Lipinski definition) is 2. The molecule has 0 heterocycles. The lowest BCUT2D eigenvalue weighted by molar-refractivity contribution is -0.137. The van der Waals surface area contributed by atoms with Crippen LogP contribution < -0.4 is 11.1 Å². The summed E-state index contributed by atoms with van der Waals surface area (Å²) in [6, 6.07) is 5.12. The van der Waals surface area contributed by atoms with Gasteiger partial charge in [-0.1, -0.05) is 39.0 Å². The summed E-state index contributed by atoms with van der Waals surface area (Å²) >= 11 is 0. The molecule has 1 amide bonds. The van der Waals surface area contributed by atoms with Crippen molar-refractivity contribution in [2.45, 2.75) is 57.7 Å². The van der Waals surface area contributed by atoms with E-state index in [2.05, 4.69) is 5.32 Å². The average molecular weight is 330 g/mol. The molecule has 0 aliphatic heterocycles. The first kappa shape index (κ1) is 19.5. The first-order valence-electron chi connectivity index (χ1n) is 7.85. The summed E-state index contributed by atoms with van der Waals surface area (Å²) in [4.78, 5) is 12.2. The minimum atomic E-state index is -4.38. The second-order valence-electron chi connectivity index (χ2n) is 5.97. The van der Waals surface area contributed by atoms with Gasteiger partial charge in [-0.2, -0.15) is 13.2 Å². The van der Waals surface area contributed by atoms with Crippen LogP contribution in [0.25, 0.3) is 0 Å². The van der Waals surface area contributed by atoms with Crippen LogP contribution in [-0.2, 0) is 11.0 Å². The first-order chi connectivity index (χ1) is 10.7. The maximum Gasteiger partial charge on any atom is 0.416 e. The number of benzene rings is 1. The van der Waals surface area contributed by atoms with Gasteiger partial charge in [0.15, 0.2) is 0 Å². The molecule has 0 saturated carbocycles. The molecule has 6 heteroatoms. The van der Waals surface area contributed by atoms with Crippen LogP contribution in [0, 0.1) is 0 Å². The van der Waals surface area contributed by atoms with E-state index < -0.39 is 17.3 Å². The number of nitrogens with two attached hydrogens (primary N) is 1. The monoisotopic (exact) mass is 330 g/mol. The SMILES string of the molecule is CCC(CC)(CN)NC(=O)CC(C)c1cccc(C(F)(F)F)c1. The molecule has 3 N–H and O–H groups in total. The molecule has 1 atom stereocenters. The van der Waals surface area contributed by atoms with E-state index in [-0.39, 0.29) is 18.2 Å². The van der Waals surface area contributed by atoms with Crippen molar-refractivity contribution in [3.8, 4) is 0 Å². The van der Waals surface area contributed by atoms with E-state index in [1.54, 1.807) is 13.0 Å². The van der Waals surface area contributed by atoms with Gasteiger partial charge in [0.25, 0.3) is 0 Å². The Bertz CT molecular complexity index is 517. The van der Waals surface area contributed by atoms with Crippen LogP contribution >= 0.6 is 0 Å². The summed E-state index contributed by atoms with van der Waals surface area (Å²) in [5.41, 5.74) is 5.11. The Balaban J connectivity index is 2.80. The summed E-state index contributed by atoms with van der Waals surface area (Å²) in [5, 5.41) is 2.94. The fourth-order valence-corrected chi connectivity index (χ4v) is 2.53. The van der Waals surface area contributed by atoms with Gasteiger partial charge in [0.05, 0.1) is 11.1 Å². The number of amides is 1. The molecule has 1 unspecified atom stereocenters. The van der Waals surface area contributed by atoms with E-state index in [0.717, 1.165) is 12.1 Å². The number of halogens is 3. The number of rotatable bonds is 7. The van der Waals surface area contributed by atoms with Crippen molar-refractivity contribution in [1.82, 2.24) is 5.32 Å². The number of hydrogen-bond donors (Lipinski definition) is 2. The lowest BCUT2D eigenvalue weighted by Crippen LogP contribution is -2.53. The lowest BCUT2D eigenvalue weighted by Gasteiger charge is -2.32. The standard InChI is InChI=1S/C17H25F3N2O/c1-4-16(5-2,11-21)22-15(23)9-12(3)13-7-6-8-14(10-13)17(18,19)20/h6-8,10,12H,4-5,9,11,21H2,1-3H3,(H,22,23). The predicted molar refractivity (Wildman–Crippen MR) is 85.0 cm³/mol. The van der Waals surface area contributed by atoms with E-state index in [4.69, 9.17) is 5.73 Å². The second kappa shape index (κ2) is 7.81. The molecular weight excluding hydrogens is 305 g/mol. The molecule has 0 aliphatic carbocycles. The summed E-state index contributed by atoms with van der Waals surface area (Å²) in [7, 11) is 0. The highest BCUT2D eigenvalue weighted by molar-refractivity contribution is 5.77. The van der Waals surface area contributed by atoms with Gasteiger partial charge in [-0.25, -0.2) is 0 Å². The zero-order valence-electron chi connectivity index (χ0n) is 13.8. The number of carbonyl (C=O) groups is 1. The normalized spacial score (nSPS) is 13.7. The third-order valence-electron chi connectivity index (χ3n) is 4.42. The van der Waals surface area contributed by atoms with Crippen LogP contribution in [0.15, 0.2) is 24.3 Å². The number of carbonyl (C=O) groups excluding carboxylic acids is 1. The molecule has 1 aromatic rings. The second-order valence-corrected chi connectivity index (χ2v) is 5.97. The van der Waals surface area contributed by atoms with Gasteiger partial charge in [-0.15, -0.1) is 0 Å². The van der Waals surface area contributed by atoms with Gasteiger partial charge < -0.3 is 11.1 Å². The molecule has 0 aliphatic rings. The minimum Gasteiger partial charge on any atom is -0.349 e. The van der Waals surface area contributed by atoms with Gasteiger partial charge in [0.1, 0.15) is 0 Å². The van der Waals surface area contributed by atoms with Crippen LogP contribution in [0.3, 0.4) is 0 Å². The van der Waals surface area contributed by atoms with Crippen molar-refractivity contribution < 1.29 is 18.0 Å². The highest BCUT2D eigenvalue weighted by Crippen LogP contribution is 2.31. The van der Waals surface area contributed by atoms with E-state index in [1.165, 1.54) is 6.07 Å². The molecule has 1 rings (SSSR count). The summed E-state index contributed by atoms with van der Waals surface area (Å²) < 4.78 is 38.3. The molecule has 0 fully saturated rings. The zero-order chi connectivity index (χ0) is 17.7. The van der Waals surface area contributed by atoms with Crippen LogP contribution in [0.4, 0.5) is 13.2 Å². The minimum absolute atomic E-state index is 0.128. The van der Waals surface area contributed by atoms with Crippen molar-refractivity contribution in [2.75, 3.05) is 6.54 Å². The smallest absolute Gasteiger partial charge is 0.349 e. The van der Waals surface area contributed by atoms with Crippen LogP contribution in [0.5, 0.6) is 0 Å². The Kier molecular flexibility index (Phi) is 6.62. The van der Waals surface area contributed by atoms with Crippen molar-refractivity contribution in [3.63, 3.8) is 0 Å². The van der Waals surface area contributed by atoms with Crippen molar-refractivity contribution in [3.05, 3.63) is 35.4 Å². The molecule has 0 saturated heterocycles. The molecule has 1 aromatic carbocycles. The zero-order valence-corrected chi connectivity index (χ0v) is 13.8. The van der Waals surface area contributed by atoms with Gasteiger partial charge in [-0.3, -0.25) is 4.79 Å². The Morgan fingerprint density at radius 2 is 1.87 bits per heavy atom. The third kappa shape index (κ3) is 5.23. The van der Waals surface area contributed by atoms with Gasteiger partial charge in [0, 0.05) is 13.0 Å². The predicted octanol–water partition coefficient (Wildman–Crippen LogP) is 3.83. The maximum atomic E-state index is 12.8. The topological polar surface area (TPSA) is 55.1 Å². The Labute approximate surface area is 135 Å². The maximum absolute atomic E-state index is 12.8. The molecule has 0 bridgehead atoms. The molecule has 23 heavy (non-hydrogen) atoms. The summed E-state index contributed by atoms with van der Waals surface area (Å²) in [5.74, 6) is -0.495. The quantitative estimate of drug-likeness (QED) is 0.798. The van der Waals surface area contributed by atoms with Gasteiger partial charge in [0.2, 0.25) is 5.91 Å². The molecule has 0 spiro atoms. The van der Waals surface area contributed by atoms with Gasteiger partial charge >= 0.3 is 6.18 Å². The Morgan fingerprint density at radius 1 is 1.26 bits per heavy atom. The molecule has 130 valence electrons. The molecular formula is C17H25F3N2O. The van der Waals surface area contributed by atoms with Crippen LogP contribution in [0.2, 0.25) is 0 Å². The fourth-order valence-electron chi connectivity index (χ4n) is 2.53. The highest BCUT2D eigenvalue weighted by atomic mass is 19.4. The lowest BCUT2D eigenvalue weighted by atomic mass is 9.91. The van der Waals surface area contributed by atoms with Gasteiger partial charge in [-0.05, 0) is 30.4 Å². The molecule has 3 nitrogen and oxygen atoms in total. The third-order valence-corrected chi connectivity index (χ3v) is 4.42.